The molecule has 1 fully saturated rings. The lowest BCUT2D eigenvalue weighted by Crippen LogP contribution is -2.40. The van der Waals surface area contributed by atoms with Crippen LogP contribution in [0.5, 0.6) is 0 Å². The molecule has 0 spiro atoms. The van der Waals surface area contributed by atoms with Gasteiger partial charge in [0, 0.05) is 32.0 Å². The van der Waals surface area contributed by atoms with Gasteiger partial charge in [0.05, 0.1) is 0 Å². The Balaban J connectivity index is 0.000000250. The quantitative estimate of drug-likeness (QED) is 0.805. The monoisotopic (exact) mass is 268 g/mol. The summed E-state index contributed by atoms with van der Waals surface area (Å²) in [5, 5.41) is 9.82. The number of aryl methyl sites for hydroxylation is 1. The highest BCUT2D eigenvalue weighted by Gasteiger charge is 2.21. The molecule has 1 atom stereocenters. The molecule has 0 radical (unpaired) electrons. The highest BCUT2D eigenvalue weighted by molar-refractivity contribution is 5.68. The molecule has 0 saturated carbocycles. The fourth-order valence-corrected chi connectivity index (χ4v) is 1.60. The van der Waals surface area contributed by atoms with Crippen molar-refractivity contribution in [1.29, 1.82) is 0 Å². The van der Waals surface area contributed by atoms with Gasteiger partial charge in [-0.3, -0.25) is 4.68 Å². The van der Waals surface area contributed by atoms with Crippen molar-refractivity contribution < 1.29 is 9.53 Å². The average molecular weight is 268 g/mol. The van der Waals surface area contributed by atoms with Crippen molar-refractivity contribution in [3.05, 3.63) is 18.5 Å². The van der Waals surface area contributed by atoms with Crippen LogP contribution in [0.25, 0.3) is 0 Å². The van der Waals surface area contributed by atoms with Crippen molar-refractivity contribution in [2.45, 2.75) is 38.8 Å². The highest BCUT2D eigenvalue weighted by atomic mass is 16.6. The largest absolute Gasteiger partial charge is 0.444 e. The normalized spacial score (nSPS) is 18.4. The second-order valence-electron chi connectivity index (χ2n) is 5.52. The minimum atomic E-state index is -0.407. The van der Waals surface area contributed by atoms with Crippen LogP contribution >= 0.6 is 0 Å². The smallest absolute Gasteiger partial charge is 0.407 e. The lowest BCUT2D eigenvalue weighted by molar-refractivity contribution is 0.0508. The molecular formula is C13H24N4O2. The van der Waals surface area contributed by atoms with E-state index in [-0.39, 0.29) is 12.1 Å². The Morgan fingerprint density at radius 1 is 1.53 bits per heavy atom. The third-order valence-corrected chi connectivity index (χ3v) is 2.42. The Morgan fingerprint density at radius 3 is 2.63 bits per heavy atom. The maximum absolute atomic E-state index is 11.3. The molecule has 6 nitrogen and oxygen atoms in total. The molecule has 19 heavy (non-hydrogen) atoms. The number of amides is 1. The fraction of sp³-hybridized carbons (Fsp3) is 0.692. The molecule has 1 saturated heterocycles. The molecule has 1 unspecified atom stereocenters. The van der Waals surface area contributed by atoms with E-state index in [1.165, 1.54) is 0 Å². The molecule has 0 aromatic carbocycles. The third kappa shape index (κ3) is 7.46. The number of alkyl carbamates (subject to hydrolysis) is 1. The number of aromatic nitrogens is 2. The SMILES string of the molecule is CC(C)(C)OC(=O)NC1CCNC1.Cn1cccn1. The summed E-state index contributed by atoms with van der Waals surface area (Å²) in [6.45, 7) is 7.40. The van der Waals surface area contributed by atoms with Gasteiger partial charge in [0.2, 0.25) is 0 Å². The Bertz CT molecular complexity index is 364. The van der Waals surface area contributed by atoms with Crippen molar-refractivity contribution >= 4 is 6.09 Å². The summed E-state index contributed by atoms with van der Waals surface area (Å²) >= 11 is 0. The van der Waals surface area contributed by atoms with Gasteiger partial charge < -0.3 is 15.4 Å². The standard InChI is InChI=1S/C9H18N2O2.C4H6N2/c1-9(2,3)13-8(12)11-7-4-5-10-6-7;1-6-4-2-3-5-6/h7,10H,4-6H2,1-3H3,(H,11,12);2-4H,1H3. The first kappa shape index (κ1) is 15.5. The van der Waals surface area contributed by atoms with Gasteiger partial charge in [-0.1, -0.05) is 0 Å². The predicted molar refractivity (Wildman–Crippen MR) is 73.9 cm³/mol. The molecule has 1 amide bonds. The van der Waals surface area contributed by atoms with E-state index >= 15 is 0 Å². The van der Waals surface area contributed by atoms with Crippen molar-refractivity contribution in [3.8, 4) is 0 Å². The summed E-state index contributed by atoms with van der Waals surface area (Å²) in [5.74, 6) is 0. The van der Waals surface area contributed by atoms with Gasteiger partial charge in [-0.15, -0.1) is 0 Å². The first-order valence-corrected chi connectivity index (χ1v) is 6.50. The van der Waals surface area contributed by atoms with Gasteiger partial charge in [0.1, 0.15) is 5.60 Å². The van der Waals surface area contributed by atoms with Gasteiger partial charge in [-0.05, 0) is 39.8 Å². The molecule has 0 bridgehead atoms. The van der Waals surface area contributed by atoms with Crippen LogP contribution in [-0.4, -0.2) is 40.6 Å². The maximum Gasteiger partial charge on any atom is 0.407 e. The second kappa shape index (κ2) is 7.13. The molecule has 0 aliphatic carbocycles. The maximum atomic E-state index is 11.3. The van der Waals surface area contributed by atoms with Crippen LogP contribution in [0.2, 0.25) is 0 Å². The van der Waals surface area contributed by atoms with Crippen molar-refractivity contribution in [2.24, 2.45) is 7.05 Å². The van der Waals surface area contributed by atoms with Crippen LogP contribution in [0.1, 0.15) is 27.2 Å². The molecule has 2 heterocycles. The number of nitrogens with one attached hydrogen (secondary N) is 2. The molecule has 1 aromatic heterocycles. The number of carbonyl (C=O) groups is 1. The van der Waals surface area contributed by atoms with Crippen LogP contribution in [0, 0.1) is 0 Å². The van der Waals surface area contributed by atoms with E-state index in [0.29, 0.717) is 0 Å². The lowest BCUT2D eigenvalue weighted by Gasteiger charge is -2.21. The summed E-state index contributed by atoms with van der Waals surface area (Å²) in [4.78, 5) is 11.3. The second-order valence-corrected chi connectivity index (χ2v) is 5.52. The minimum Gasteiger partial charge on any atom is -0.444 e. The Hall–Kier alpha value is -1.56. The molecule has 2 N–H and O–H groups in total. The first-order chi connectivity index (χ1) is 8.87. The van der Waals surface area contributed by atoms with E-state index in [9.17, 15) is 4.79 Å². The molecule has 2 rings (SSSR count). The van der Waals surface area contributed by atoms with E-state index in [1.54, 1.807) is 10.9 Å². The average Bonchev–Trinajstić information content (AvgIpc) is 2.89. The summed E-state index contributed by atoms with van der Waals surface area (Å²) in [6, 6.07) is 2.12. The summed E-state index contributed by atoms with van der Waals surface area (Å²) in [5.41, 5.74) is -0.407. The molecule has 6 heteroatoms. The molecule has 1 aliphatic rings. The van der Waals surface area contributed by atoms with E-state index in [0.717, 1.165) is 19.5 Å². The number of carbonyl (C=O) groups excluding carboxylic acids is 1. The predicted octanol–water partition coefficient (Wildman–Crippen LogP) is 1.29. The number of rotatable bonds is 1. The van der Waals surface area contributed by atoms with Crippen LogP contribution in [0.15, 0.2) is 18.5 Å². The molecule has 1 aliphatic heterocycles. The van der Waals surface area contributed by atoms with Crippen molar-refractivity contribution in [1.82, 2.24) is 20.4 Å². The van der Waals surface area contributed by atoms with Gasteiger partial charge in [-0.25, -0.2) is 4.79 Å². The van der Waals surface area contributed by atoms with E-state index < -0.39 is 5.60 Å². The minimum absolute atomic E-state index is 0.231. The van der Waals surface area contributed by atoms with Crippen molar-refractivity contribution in [3.63, 3.8) is 0 Å². The van der Waals surface area contributed by atoms with E-state index in [4.69, 9.17) is 4.74 Å². The van der Waals surface area contributed by atoms with Crippen LogP contribution in [0.3, 0.4) is 0 Å². The molecule has 108 valence electrons. The zero-order valence-corrected chi connectivity index (χ0v) is 12.1. The zero-order valence-electron chi connectivity index (χ0n) is 12.1. The van der Waals surface area contributed by atoms with Crippen LogP contribution < -0.4 is 10.6 Å². The molecular weight excluding hydrogens is 244 g/mol. The lowest BCUT2D eigenvalue weighted by atomic mass is 10.2. The fourth-order valence-electron chi connectivity index (χ4n) is 1.60. The van der Waals surface area contributed by atoms with Crippen molar-refractivity contribution in [2.75, 3.05) is 13.1 Å². The number of hydrogen-bond donors (Lipinski definition) is 2. The summed E-state index contributed by atoms with van der Waals surface area (Å²) in [7, 11) is 1.89. The van der Waals surface area contributed by atoms with E-state index in [2.05, 4.69) is 15.7 Å². The summed E-state index contributed by atoms with van der Waals surface area (Å²) < 4.78 is 6.87. The van der Waals surface area contributed by atoms with Gasteiger partial charge >= 0.3 is 6.09 Å². The number of hydrogen-bond acceptors (Lipinski definition) is 4. The Labute approximate surface area is 114 Å². The third-order valence-electron chi connectivity index (χ3n) is 2.42. The highest BCUT2D eigenvalue weighted by Crippen LogP contribution is 2.07. The van der Waals surface area contributed by atoms with Gasteiger partial charge in [0.25, 0.3) is 0 Å². The van der Waals surface area contributed by atoms with Crippen LogP contribution in [0.4, 0.5) is 4.79 Å². The topological polar surface area (TPSA) is 68.2 Å². The zero-order chi connectivity index (χ0) is 14.3. The van der Waals surface area contributed by atoms with Crippen LogP contribution in [-0.2, 0) is 11.8 Å². The number of nitrogens with zero attached hydrogens (tertiary/aromatic N) is 2. The Kier molecular flexibility index (Phi) is 5.82. The molecule has 1 aromatic rings. The van der Waals surface area contributed by atoms with E-state index in [1.807, 2.05) is 40.1 Å². The Morgan fingerprint density at radius 2 is 2.26 bits per heavy atom. The summed E-state index contributed by atoms with van der Waals surface area (Å²) in [6.07, 6.45) is 4.31. The van der Waals surface area contributed by atoms with Gasteiger partial charge in [0.15, 0.2) is 0 Å². The van der Waals surface area contributed by atoms with Gasteiger partial charge in [-0.2, -0.15) is 5.10 Å². The first-order valence-electron chi connectivity index (χ1n) is 6.50. The number of ether oxygens (including phenoxy) is 1.